The molecule has 0 spiro atoms. The number of aromatic nitrogens is 2. The first-order valence-electron chi connectivity index (χ1n) is 3.94. The van der Waals surface area contributed by atoms with Crippen LogP contribution in [-0.2, 0) is 9.53 Å². The van der Waals surface area contributed by atoms with Crippen LogP contribution in [0, 0.1) is 0 Å². The van der Waals surface area contributed by atoms with Gasteiger partial charge in [0.1, 0.15) is 11.1 Å². The average molecular weight is 201 g/mol. The van der Waals surface area contributed by atoms with E-state index in [1.165, 1.54) is 6.20 Å². The van der Waals surface area contributed by atoms with E-state index in [9.17, 15) is 4.79 Å². The van der Waals surface area contributed by atoms with Crippen LogP contribution in [0.2, 0.25) is 0 Å². The number of amides is 1. The average Bonchev–Trinajstić information content (AvgIpc) is 2.57. The van der Waals surface area contributed by atoms with Crippen molar-refractivity contribution in [2.24, 2.45) is 0 Å². The van der Waals surface area contributed by atoms with Gasteiger partial charge in [0.05, 0.1) is 6.20 Å². The molecule has 0 saturated heterocycles. The number of hydrogen-bond acceptors (Lipinski definition) is 5. The third kappa shape index (κ3) is 3.08. The van der Waals surface area contributed by atoms with Crippen LogP contribution in [0.15, 0.2) is 6.20 Å². The minimum absolute atomic E-state index is 0.173. The van der Waals surface area contributed by atoms with Gasteiger partial charge < -0.3 is 10.1 Å². The number of nitrogens with one attached hydrogen (secondary N) is 1. The molecule has 1 amide bonds. The molecule has 1 atom stereocenters. The quantitative estimate of drug-likeness (QED) is 0.786. The molecular formula is C7H11N3O2S. The lowest BCUT2D eigenvalue weighted by Gasteiger charge is -2.09. The van der Waals surface area contributed by atoms with Gasteiger partial charge in [-0.1, -0.05) is 4.49 Å². The largest absolute Gasteiger partial charge is 0.369 e. The van der Waals surface area contributed by atoms with Gasteiger partial charge in [0.15, 0.2) is 0 Å². The summed E-state index contributed by atoms with van der Waals surface area (Å²) in [6.45, 7) is 4.07. The Balaban J connectivity index is 2.41. The zero-order valence-electron chi connectivity index (χ0n) is 7.48. The molecule has 0 fully saturated rings. The minimum Gasteiger partial charge on any atom is -0.369 e. The number of rotatable bonds is 4. The van der Waals surface area contributed by atoms with Crippen LogP contribution in [0.5, 0.6) is 0 Å². The number of carbonyl (C=O) groups excluding carboxylic acids is 1. The van der Waals surface area contributed by atoms with Crippen molar-refractivity contribution in [2.75, 3.05) is 11.9 Å². The van der Waals surface area contributed by atoms with Crippen LogP contribution in [0.1, 0.15) is 13.8 Å². The first-order valence-corrected chi connectivity index (χ1v) is 4.71. The smallest absolute Gasteiger partial charge is 0.253 e. The van der Waals surface area contributed by atoms with E-state index in [0.717, 1.165) is 11.5 Å². The third-order valence-electron chi connectivity index (χ3n) is 1.39. The summed E-state index contributed by atoms with van der Waals surface area (Å²) in [5, 5.41) is 6.87. The summed E-state index contributed by atoms with van der Waals surface area (Å²) in [6.07, 6.45) is 1.06. The highest BCUT2D eigenvalue weighted by molar-refractivity contribution is 7.10. The lowest BCUT2D eigenvalue weighted by molar-refractivity contribution is -0.126. The summed E-state index contributed by atoms with van der Waals surface area (Å²) in [7, 11) is 0. The third-order valence-corrected chi connectivity index (χ3v) is 1.97. The van der Waals surface area contributed by atoms with E-state index in [1.807, 2.05) is 6.92 Å². The molecule has 0 unspecified atom stereocenters. The SMILES string of the molecule is CCO[C@@H](C)C(=O)Nc1cnns1. The van der Waals surface area contributed by atoms with Gasteiger partial charge in [0.2, 0.25) is 0 Å². The summed E-state index contributed by atoms with van der Waals surface area (Å²) in [5.41, 5.74) is 0. The predicted octanol–water partition coefficient (Wildman–Crippen LogP) is 0.902. The lowest BCUT2D eigenvalue weighted by atomic mass is 10.4. The van der Waals surface area contributed by atoms with Crippen molar-refractivity contribution >= 4 is 22.4 Å². The molecule has 1 heterocycles. The molecule has 5 nitrogen and oxygen atoms in total. The monoisotopic (exact) mass is 201 g/mol. The Kier molecular flexibility index (Phi) is 3.78. The summed E-state index contributed by atoms with van der Waals surface area (Å²) < 4.78 is 8.72. The lowest BCUT2D eigenvalue weighted by Crippen LogP contribution is -2.27. The molecule has 0 aliphatic carbocycles. The molecule has 0 bridgehead atoms. The van der Waals surface area contributed by atoms with E-state index >= 15 is 0 Å². The number of ether oxygens (including phenoxy) is 1. The van der Waals surface area contributed by atoms with E-state index in [1.54, 1.807) is 6.92 Å². The fourth-order valence-electron chi connectivity index (χ4n) is 0.771. The van der Waals surface area contributed by atoms with Crippen LogP contribution in [0.4, 0.5) is 5.00 Å². The fraction of sp³-hybridized carbons (Fsp3) is 0.571. The molecule has 13 heavy (non-hydrogen) atoms. The van der Waals surface area contributed by atoms with Crippen molar-refractivity contribution in [2.45, 2.75) is 20.0 Å². The van der Waals surface area contributed by atoms with Gasteiger partial charge in [0.25, 0.3) is 5.91 Å². The van der Waals surface area contributed by atoms with Crippen LogP contribution in [-0.4, -0.2) is 28.2 Å². The van der Waals surface area contributed by atoms with Gasteiger partial charge in [-0.05, 0) is 13.8 Å². The highest BCUT2D eigenvalue weighted by atomic mass is 32.1. The standard InChI is InChI=1S/C7H11N3O2S/c1-3-12-5(2)7(11)9-6-4-8-10-13-6/h4-5H,3H2,1-2H3,(H,9,11)/t5-/m0/s1. The second-order valence-corrected chi connectivity index (χ2v) is 3.15. The van der Waals surface area contributed by atoms with Gasteiger partial charge in [0, 0.05) is 18.1 Å². The Hall–Kier alpha value is -1.01. The van der Waals surface area contributed by atoms with Crippen LogP contribution in [0.3, 0.4) is 0 Å². The number of nitrogens with zero attached hydrogens (tertiary/aromatic N) is 2. The Morgan fingerprint density at radius 2 is 2.62 bits per heavy atom. The summed E-state index contributed by atoms with van der Waals surface area (Å²) in [4.78, 5) is 11.3. The molecule has 0 aromatic carbocycles. The normalized spacial score (nSPS) is 12.5. The molecule has 1 N–H and O–H groups in total. The van der Waals surface area contributed by atoms with Crippen molar-refractivity contribution < 1.29 is 9.53 Å². The van der Waals surface area contributed by atoms with Crippen LogP contribution in [0.25, 0.3) is 0 Å². The van der Waals surface area contributed by atoms with E-state index in [-0.39, 0.29) is 5.91 Å². The first-order chi connectivity index (χ1) is 6.24. The molecule has 1 aromatic heterocycles. The minimum atomic E-state index is -0.438. The second kappa shape index (κ2) is 4.88. The van der Waals surface area contributed by atoms with Crippen molar-refractivity contribution in [3.63, 3.8) is 0 Å². The molecule has 72 valence electrons. The molecule has 1 aromatic rings. The fourth-order valence-corrected chi connectivity index (χ4v) is 1.19. The van der Waals surface area contributed by atoms with Crippen LogP contribution < -0.4 is 5.32 Å². The van der Waals surface area contributed by atoms with E-state index < -0.39 is 6.10 Å². The predicted molar refractivity (Wildman–Crippen MR) is 49.6 cm³/mol. The van der Waals surface area contributed by atoms with Crippen LogP contribution >= 0.6 is 11.5 Å². The van der Waals surface area contributed by atoms with Crippen molar-refractivity contribution in [1.29, 1.82) is 0 Å². The maximum atomic E-state index is 11.3. The second-order valence-electron chi connectivity index (χ2n) is 2.37. The Morgan fingerprint density at radius 1 is 1.85 bits per heavy atom. The molecule has 1 rings (SSSR count). The first kappa shape index (κ1) is 10.1. The number of carbonyl (C=O) groups is 1. The zero-order chi connectivity index (χ0) is 9.68. The Labute approximate surface area is 80.3 Å². The van der Waals surface area contributed by atoms with Crippen molar-refractivity contribution in [1.82, 2.24) is 9.59 Å². The van der Waals surface area contributed by atoms with Crippen molar-refractivity contribution in [3.8, 4) is 0 Å². The highest BCUT2D eigenvalue weighted by Gasteiger charge is 2.13. The van der Waals surface area contributed by atoms with E-state index in [2.05, 4.69) is 14.9 Å². The molecule has 0 aliphatic rings. The van der Waals surface area contributed by atoms with Crippen molar-refractivity contribution in [3.05, 3.63) is 6.20 Å². The van der Waals surface area contributed by atoms with E-state index in [4.69, 9.17) is 4.74 Å². The van der Waals surface area contributed by atoms with Gasteiger partial charge in [-0.15, -0.1) is 5.10 Å². The molecular weight excluding hydrogens is 190 g/mol. The maximum absolute atomic E-state index is 11.3. The Bertz CT molecular complexity index is 263. The molecule has 6 heteroatoms. The summed E-state index contributed by atoms with van der Waals surface area (Å²) >= 11 is 1.14. The molecule has 0 radical (unpaired) electrons. The number of hydrogen-bond donors (Lipinski definition) is 1. The summed E-state index contributed by atoms with van der Waals surface area (Å²) in [5.74, 6) is -0.173. The van der Waals surface area contributed by atoms with Gasteiger partial charge in [-0.25, -0.2) is 0 Å². The molecule has 0 saturated carbocycles. The van der Waals surface area contributed by atoms with Gasteiger partial charge in [-0.2, -0.15) is 0 Å². The van der Waals surface area contributed by atoms with Gasteiger partial charge in [-0.3, -0.25) is 4.79 Å². The highest BCUT2D eigenvalue weighted by Crippen LogP contribution is 2.09. The van der Waals surface area contributed by atoms with Gasteiger partial charge >= 0.3 is 0 Å². The summed E-state index contributed by atoms with van der Waals surface area (Å²) in [6, 6.07) is 0. The molecule has 0 aliphatic heterocycles. The Morgan fingerprint density at radius 3 is 3.15 bits per heavy atom. The zero-order valence-corrected chi connectivity index (χ0v) is 8.30. The van der Waals surface area contributed by atoms with E-state index in [0.29, 0.717) is 11.6 Å². The topological polar surface area (TPSA) is 64.1 Å². The number of anilines is 1. The maximum Gasteiger partial charge on any atom is 0.253 e.